The zero-order valence-electron chi connectivity index (χ0n) is 20.0. The van der Waals surface area contributed by atoms with Crippen molar-refractivity contribution in [2.45, 2.75) is 44.4 Å². The lowest BCUT2D eigenvalue weighted by atomic mass is 9.72. The van der Waals surface area contributed by atoms with Crippen molar-refractivity contribution in [2.75, 3.05) is 19.8 Å². The largest absolute Gasteiger partial charge is 0.465 e. The topological polar surface area (TPSA) is 165 Å². The third kappa shape index (κ3) is 4.86. The fourth-order valence-electron chi connectivity index (χ4n) is 4.91. The zero-order valence-corrected chi connectivity index (χ0v) is 20.0. The molecule has 194 valence electrons. The molecule has 0 atom stereocenters. The SMILES string of the molecule is CCCCOC(=O)c1cc([N+](=O)[O-])cc2c1-c1ccc([N+](=O)[O-])cc1C21CCOC(=O)CC(=O)OCC1. The third-order valence-electron chi connectivity index (χ3n) is 6.67. The van der Waals surface area contributed by atoms with Crippen LogP contribution in [0.2, 0.25) is 0 Å². The summed E-state index contributed by atoms with van der Waals surface area (Å²) in [5.74, 6) is -2.34. The molecule has 0 aromatic heterocycles. The first-order valence-electron chi connectivity index (χ1n) is 11.8. The van der Waals surface area contributed by atoms with Crippen LogP contribution in [0.25, 0.3) is 11.1 Å². The highest BCUT2D eigenvalue weighted by Gasteiger charge is 2.47. The number of unbranched alkanes of at least 4 members (excludes halogenated alkanes) is 1. The summed E-state index contributed by atoms with van der Waals surface area (Å²) in [5.41, 5.74) is -0.218. The predicted octanol–water partition coefficient (Wildman–Crippen LogP) is 4.00. The van der Waals surface area contributed by atoms with Gasteiger partial charge in [0.1, 0.15) is 6.42 Å². The number of carbonyl (C=O) groups is 3. The van der Waals surface area contributed by atoms with Crippen molar-refractivity contribution in [3.05, 3.63) is 67.3 Å². The molecule has 0 bridgehead atoms. The first kappa shape index (κ1) is 25.7. The Labute approximate surface area is 210 Å². The molecule has 1 aliphatic heterocycles. The van der Waals surface area contributed by atoms with E-state index < -0.39 is 39.6 Å². The van der Waals surface area contributed by atoms with Crippen molar-refractivity contribution in [1.82, 2.24) is 0 Å². The van der Waals surface area contributed by atoms with Crippen LogP contribution in [-0.2, 0) is 29.2 Å². The lowest BCUT2D eigenvalue weighted by molar-refractivity contribution is -0.385. The van der Waals surface area contributed by atoms with Crippen LogP contribution < -0.4 is 0 Å². The van der Waals surface area contributed by atoms with Gasteiger partial charge in [-0.1, -0.05) is 13.3 Å². The van der Waals surface area contributed by atoms with Crippen molar-refractivity contribution >= 4 is 29.3 Å². The molecule has 4 rings (SSSR count). The van der Waals surface area contributed by atoms with E-state index in [1.165, 1.54) is 24.3 Å². The van der Waals surface area contributed by atoms with E-state index >= 15 is 0 Å². The van der Waals surface area contributed by atoms with Crippen LogP contribution >= 0.6 is 0 Å². The second-order valence-corrected chi connectivity index (χ2v) is 8.85. The van der Waals surface area contributed by atoms with Crippen LogP contribution in [0, 0.1) is 20.2 Å². The van der Waals surface area contributed by atoms with E-state index in [0.29, 0.717) is 28.7 Å². The van der Waals surface area contributed by atoms with Gasteiger partial charge in [0.05, 0.1) is 35.2 Å². The zero-order chi connectivity index (χ0) is 26.7. The molecule has 12 nitrogen and oxygen atoms in total. The normalized spacial score (nSPS) is 16.2. The molecule has 2 aromatic carbocycles. The highest BCUT2D eigenvalue weighted by molar-refractivity contribution is 6.02. The van der Waals surface area contributed by atoms with Gasteiger partial charge in [0.2, 0.25) is 0 Å². The molecule has 1 fully saturated rings. The monoisotopic (exact) mass is 512 g/mol. The lowest BCUT2D eigenvalue weighted by Crippen LogP contribution is -2.32. The van der Waals surface area contributed by atoms with E-state index in [9.17, 15) is 34.6 Å². The minimum Gasteiger partial charge on any atom is -0.465 e. The van der Waals surface area contributed by atoms with Gasteiger partial charge >= 0.3 is 17.9 Å². The minimum atomic E-state index is -1.18. The number of nitro benzene ring substituents is 2. The highest BCUT2D eigenvalue weighted by atomic mass is 16.6. The minimum absolute atomic E-state index is 0.0432. The van der Waals surface area contributed by atoms with E-state index in [-0.39, 0.29) is 49.6 Å². The first-order valence-corrected chi connectivity index (χ1v) is 11.8. The molecule has 0 unspecified atom stereocenters. The maximum absolute atomic E-state index is 13.1. The number of cyclic esters (lactones) is 2. The maximum atomic E-state index is 13.1. The number of hydrogen-bond donors (Lipinski definition) is 0. The highest BCUT2D eigenvalue weighted by Crippen LogP contribution is 2.55. The molecule has 12 heteroatoms. The third-order valence-corrected chi connectivity index (χ3v) is 6.67. The number of ether oxygens (including phenoxy) is 3. The average molecular weight is 512 g/mol. The molecule has 2 aliphatic rings. The smallest absolute Gasteiger partial charge is 0.339 e. The lowest BCUT2D eigenvalue weighted by Gasteiger charge is -2.32. The quantitative estimate of drug-likeness (QED) is 0.138. The van der Waals surface area contributed by atoms with Gasteiger partial charge in [0.15, 0.2) is 0 Å². The number of carbonyl (C=O) groups excluding carboxylic acids is 3. The molecular formula is C25H24N2O10. The summed E-state index contributed by atoms with van der Waals surface area (Å²) in [4.78, 5) is 59.4. The predicted molar refractivity (Wildman–Crippen MR) is 127 cm³/mol. The number of nitro groups is 2. The van der Waals surface area contributed by atoms with Crippen molar-refractivity contribution in [3.63, 3.8) is 0 Å². The molecule has 1 saturated heterocycles. The van der Waals surface area contributed by atoms with Gasteiger partial charge in [-0.3, -0.25) is 29.8 Å². The van der Waals surface area contributed by atoms with Crippen LogP contribution in [0.5, 0.6) is 0 Å². The molecule has 1 heterocycles. The van der Waals surface area contributed by atoms with Gasteiger partial charge in [0, 0.05) is 35.2 Å². The fraction of sp³-hybridized carbons (Fsp3) is 0.400. The summed E-state index contributed by atoms with van der Waals surface area (Å²) in [6.07, 6.45) is 0.996. The van der Waals surface area contributed by atoms with Gasteiger partial charge in [-0.2, -0.15) is 0 Å². The van der Waals surface area contributed by atoms with Gasteiger partial charge in [0.25, 0.3) is 11.4 Å². The Kier molecular flexibility index (Phi) is 7.18. The Morgan fingerprint density at radius 3 is 2.19 bits per heavy atom. The summed E-state index contributed by atoms with van der Waals surface area (Å²) < 4.78 is 15.8. The summed E-state index contributed by atoms with van der Waals surface area (Å²) >= 11 is 0. The Balaban J connectivity index is 1.97. The number of rotatable bonds is 6. The van der Waals surface area contributed by atoms with Gasteiger partial charge in [-0.15, -0.1) is 0 Å². The molecule has 2 aromatic rings. The standard InChI is InChI=1S/C25H24N2O10/c1-2-3-8-37-24(30)18-11-16(27(33)34)13-20-23(18)17-5-4-15(26(31)32)12-19(17)25(20)6-9-35-21(28)14-22(29)36-10-7-25/h4-5,11-13H,2-3,6-10,14H2,1H3. The molecule has 0 N–H and O–H groups in total. The first-order chi connectivity index (χ1) is 17.7. The van der Waals surface area contributed by atoms with Crippen LogP contribution in [0.4, 0.5) is 11.4 Å². The van der Waals surface area contributed by atoms with Gasteiger partial charge in [-0.25, -0.2) is 4.79 Å². The average Bonchev–Trinajstić information content (AvgIpc) is 3.12. The van der Waals surface area contributed by atoms with E-state index in [1.807, 2.05) is 6.92 Å². The van der Waals surface area contributed by atoms with Crippen LogP contribution in [0.15, 0.2) is 30.3 Å². The Morgan fingerprint density at radius 2 is 1.59 bits per heavy atom. The van der Waals surface area contributed by atoms with Crippen LogP contribution in [0.1, 0.15) is 60.5 Å². The molecule has 0 radical (unpaired) electrons. The Bertz CT molecular complexity index is 1280. The maximum Gasteiger partial charge on any atom is 0.339 e. The summed E-state index contributed by atoms with van der Waals surface area (Å²) in [6.45, 7) is 1.72. The number of benzene rings is 2. The van der Waals surface area contributed by atoms with E-state index in [0.717, 1.165) is 12.5 Å². The molecule has 1 spiro atoms. The molecular weight excluding hydrogens is 488 g/mol. The van der Waals surface area contributed by atoms with Crippen molar-refractivity contribution in [2.24, 2.45) is 0 Å². The fourth-order valence-corrected chi connectivity index (χ4v) is 4.91. The van der Waals surface area contributed by atoms with E-state index in [2.05, 4.69) is 0 Å². The summed E-state index contributed by atoms with van der Waals surface area (Å²) in [7, 11) is 0. The molecule has 0 saturated carbocycles. The van der Waals surface area contributed by atoms with Crippen LogP contribution in [0.3, 0.4) is 0 Å². The number of hydrogen-bond acceptors (Lipinski definition) is 10. The van der Waals surface area contributed by atoms with Gasteiger partial charge in [-0.05, 0) is 42.0 Å². The van der Waals surface area contributed by atoms with Crippen molar-refractivity contribution in [1.29, 1.82) is 0 Å². The number of fused-ring (bicyclic) bond motifs is 5. The van der Waals surface area contributed by atoms with E-state index in [1.54, 1.807) is 0 Å². The Hall–Kier alpha value is -4.35. The van der Waals surface area contributed by atoms with Crippen molar-refractivity contribution < 1.29 is 38.4 Å². The molecule has 37 heavy (non-hydrogen) atoms. The number of esters is 3. The summed E-state index contributed by atoms with van der Waals surface area (Å²) in [5, 5.41) is 23.5. The number of non-ortho nitro benzene ring substituents is 2. The second kappa shape index (κ2) is 10.3. The van der Waals surface area contributed by atoms with Crippen molar-refractivity contribution in [3.8, 4) is 11.1 Å². The van der Waals surface area contributed by atoms with E-state index in [4.69, 9.17) is 14.2 Å². The molecule has 1 aliphatic carbocycles. The summed E-state index contributed by atoms with van der Waals surface area (Å²) in [6, 6.07) is 6.59. The molecule has 0 amide bonds. The van der Waals surface area contributed by atoms with Crippen LogP contribution in [-0.4, -0.2) is 47.6 Å². The second-order valence-electron chi connectivity index (χ2n) is 8.85. The Morgan fingerprint density at radius 1 is 0.973 bits per heavy atom. The van der Waals surface area contributed by atoms with Gasteiger partial charge < -0.3 is 14.2 Å². The number of nitrogens with zero attached hydrogens (tertiary/aromatic N) is 2.